The molecule has 24 heavy (non-hydrogen) atoms. The van der Waals surface area contributed by atoms with E-state index in [0.717, 1.165) is 22.2 Å². The van der Waals surface area contributed by atoms with Gasteiger partial charge in [-0.1, -0.05) is 29.4 Å². The molecule has 0 aliphatic carbocycles. The summed E-state index contributed by atoms with van der Waals surface area (Å²) in [7, 11) is 0. The zero-order chi connectivity index (χ0) is 16.7. The van der Waals surface area contributed by atoms with Crippen LogP contribution in [-0.4, -0.2) is 35.9 Å². The van der Waals surface area contributed by atoms with Crippen LogP contribution in [0, 0.1) is 0 Å². The molecule has 0 fully saturated rings. The number of anilines is 1. The van der Waals surface area contributed by atoms with Gasteiger partial charge in [0.15, 0.2) is 4.96 Å². The number of thiazole rings is 1. The number of H-pyrrole nitrogens is 1. The molecule has 0 saturated heterocycles. The van der Waals surface area contributed by atoms with Gasteiger partial charge >= 0.3 is 0 Å². The first-order valence-corrected chi connectivity index (χ1v) is 7.97. The van der Waals surface area contributed by atoms with Crippen LogP contribution in [-0.2, 0) is 6.42 Å². The van der Waals surface area contributed by atoms with E-state index in [1.165, 1.54) is 21.9 Å². The van der Waals surface area contributed by atoms with Gasteiger partial charge in [0.25, 0.3) is 17.4 Å². The maximum atomic E-state index is 12.8. The third-order valence-corrected chi connectivity index (χ3v) is 4.65. The highest BCUT2D eigenvalue weighted by atomic mass is 32.1. The van der Waals surface area contributed by atoms with Crippen LogP contribution in [0.5, 0.6) is 0 Å². The van der Waals surface area contributed by atoms with Crippen molar-refractivity contribution in [2.75, 3.05) is 5.32 Å². The van der Waals surface area contributed by atoms with Gasteiger partial charge in [0.05, 0.1) is 10.2 Å². The molecule has 0 aliphatic heterocycles. The van der Waals surface area contributed by atoms with E-state index >= 15 is 0 Å². The molecule has 0 atom stereocenters. The molecular formula is C14H11N7O2S. The maximum absolute atomic E-state index is 12.8. The first-order valence-electron chi connectivity index (χ1n) is 7.15. The number of aryl methyl sites for hydroxylation is 1. The Morgan fingerprint density at radius 3 is 3.04 bits per heavy atom. The molecule has 3 heterocycles. The van der Waals surface area contributed by atoms with Gasteiger partial charge in [-0.05, 0) is 29.3 Å². The minimum absolute atomic E-state index is 0.00653. The number of nitrogens with zero attached hydrogens (tertiary/aromatic N) is 5. The average molecular weight is 341 g/mol. The number of tetrazole rings is 1. The summed E-state index contributed by atoms with van der Waals surface area (Å²) in [6, 6.07) is 5.93. The van der Waals surface area contributed by atoms with Crippen LogP contribution >= 0.6 is 11.3 Å². The van der Waals surface area contributed by atoms with Crippen molar-refractivity contribution in [2.24, 2.45) is 0 Å². The summed E-state index contributed by atoms with van der Waals surface area (Å²) >= 11 is 1.40. The number of hydrogen-bond acceptors (Lipinski definition) is 7. The van der Waals surface area contributed by atoms with Crippen LogP contribution in [0.25, 0.3) is 15.2 Å². The van der Waals surface area contributed by atoms with Gasteiger partial charge in [-0.3, -0.25) is 19.3 Å². The number of carbonyl (C=O) groups is 1. The number of aromatic amines is 1. The standard InChI is InChI=1S/C14H11N7O2S/c1-2-7-3-4-10-9(5-7)21-12(23)8(6-15-14(21)24-10)11(22)16-13-17-19-20-18-13/h3-6H,2H2,1H3,(H2,16,17,18,19,20,22). The average Bonchev–Trinajstić information content (AvgIpc) is 3.21. The Bertz CT molecular complexity index is 1110. The van der Waals surface area contributed by atoms with Crippen molar-refractivity contribution in [1.82, 2.24) is 30.0 Å². The monoisotopic (exact) mass is 341 g/mol. The Morgan fingerprint density at radius 2 is 2.29 bits per heavy atom. The number of nitrogens with one attached hydrogen (secondary N) is 2. The Labute approximate surface area is 138 Å². The highest BCUT2D eigenvalue weighted by molar-refractivity contribution is 7.23. The molecule has 0 aliphatic rings. The molecule has 0 saturated carbocycles. The molecule has 0 radical (unpaired) electrons. The van der Waals surface area contributed by atoms with Crippen molar-refractivity contribution in [3.05, 3.63) is 45.9 Å². The second-order valence-electron chi connectivity index (χ2n) is 5.04. The summed E-state index contributed by atoms with van der Waals surface area (Å²) in [6.07, 6.45) is 2.12. The van der Waals surface area contributed by atoms with Gasteiger partial charge in [-0.15, -0.1) is 5.10 Å². The normalized spacial score (nSPS) is 11.2. The first-order chi connectivity index (χ1) is 11.7. The lowest BCUT2D eigenvalue weighted by atomic mass is 10.1. The van der Waals surface area contributed by atoms with E-state index in [2.05, 4.69) is 30.9 Å². The zero-order valence-corrected chi connectivity index (χ0v) is 13.3. The highest BCUT2D eigenvalue weighted by Crippen LogP contribution is 2.25. The molecule has 1 aromatic carbocycles. The topological polar surface area (TPSA) is 118 Å². The molecule has 1 amide bonds. The number of carbonyl (C=O) groups excluding carboxylic acids is 1. The van der Waals surface area contributed by atoms with E-state index in [1.54, 1.807) is 0 Å². The highest BCUT2D eigenvalue weighted by Gasteiger charge is 2.17. The first kappa shape index (κ1) is 14.5. The van der Waals surface area contributed by atoms with Crippen molar-refractivity contribution in [1.29, 1.82) is 0 Å². The predicted octanol–water partition coefficient (Wildman–Crippen LogP) is 1.24. The number of aromatic nitrogens is 6. The van der Waals surface area contributed by atoms with Crippen LogP contribution < -0.4 is 10.9 Å². The summed E-state index contributed by atoms with van der Waals surface area (Å²) in [5.41, 5.74) is 1.34. The van der Waals surface area contributed by atoms with Gasteiger partial charge < -0.3 is 0 Å². The van der Waals surface area contributed by atoms with Crippen LogP contribution in [0.3, 0.4) is 0 Å². The Hall–Kier alpha value is -3.14. The summed E-state index contributed by atoms with van der Waals surface area (Å²) in [5, 5.41) is 15.2. The van der Waals surface area contributed by atoms with Crippen molar-refractivity contribution in [3.63, 3.8) is 0 Å². The molecule has 2 N–H and O–H groups in total. The van der Waals surface area contributed by atoms with Gasteiger partial charge in [-0.25, -0.2) is 4.98 Å². The Morgan fingerprint density at radius 1 is 1.42 bits per heavy atom. The van der Waals surface area contributed by atoms with E-state index < -0.39 is 11.5 Å². The molecule has 120 valence electrons. The lowest BCUT2D eigenvalue weighted by Crippen LogP contribution is -2.26. The molecule has 3 aromatic heterocycles. The molecule has 10 heteroatoms. The number of benzene rings is 1. The van der Waals surface area contributed by atoms with Crippen molar-refractivity contribution < 1.29 is 4.79 Å². The Balaban J connectivity index is 1.88. The number of rotatable bonds is 3. The lowest BCUT2D eigenvalue weighted by molar-refractivity contribution is 0.102. The third-order valence-electron chi connectivity index (χ3n) is 3.62. The number of amides is 1. The van der Waals surface area contributed by atoms with Gasteiger partial charge in [-0.2, -0.15) is 5.21 Å². The molecule has 4 aromatic rings. The molecular weight excluding hydrogens is 330 g/mol. The lowest BCUT2D eigenvalue weighted by Gasteiger charge is -2.02. The number of hydrogen-bond donors (Lipinski definition) is 2. The van der Waals surface area contributed by atoms with Gasteiger partial charge in [0.1, 0.15) is 5.56 Å². The van der Waals surface area contributed by atoms with Gasteiger partial charge in [0, 0.05) is 6.20 Å². The molecule has 0 spiro atoms. The number of fused-ring (bicyclic) bond motifs is 3. The largest absolute Gasteiger partial charge is 0.288 e. The smallest absolute Gasteiger partial charge is 0.271 e. The minimum Gasteiger partial charge on any atom is -0.288 e. The Kier molecular flexibility index (Phi) is 3.31. The van der Waals surface area contributed by atoms with Crippen molar-refractivity contribution >= 4 is 38.4 Å². The van der Waals surface area contributed by atoms with E-state index in [1.807, 2.05) is 25.1 Å². The summed E-state index contributed by atoms with van der Waals surface area (Å²) in [5.74, 6) is -0.637. The van der Waals surface area contributed by atoms with Crippen molar-refractivity contribution in [2.45, 2.75) is 13.3 Å². The molecule has 9 nitrogen and oxygen atoms in total. The second kappa shape index (κ2) is 5.49. The molecule has 0 bridgehead atoms. The van der Waals surface area contributed by atoms with Gasteiger partial charge in [0.2, 0.25) is 0 Å². The van der Waals surface area contributed by atoms with Crippen LogP contribution in [0.1, 0.15) is 22.8 Å². The minimum atomic E-state index is -0.630. The fraction of sp³-hybridized carbons (Fsp3) is 0.143. The maximum Gasteiger partial charge on any atom is 0.271 e. The molecule has 4 rings (SSSR count). The van der Waals surface area contributed by atoms with E-state index in [-0.39, 0.29) is 11.5 Å². The summed E-state index contributed by atoms with van der Waals surface area (Å²) in [4.78, 5) is 29.8. The zero-order valence-electron chi connectivity index (χ0n) is 12.5. The van der Waals surface area contributed by atoms with Crippen LogP contribution in [0.2, 0.25) is 0 Å². The fourth-order valence-electron chi connectivity index (χ4n) is 2.41. The molecule has 0 unspecified atom stereocenters. The van der Waals surface area contributed by atoms with E-state index in [0.29, 0.717) is 4.96 Å². The van der Waals surface area contributed by atoms with E-state index in [4.69, 9.17) is 0 Å². The second-order valence-corrected chi connectivity index (χ2v) is 6.05. The predicted molar refractivity (Wildman–Crippen MR) is 88.4 cm³/mol. The quantitative estimate of drug-likeness (QED) is 0.579. The SMILES string of the molecule is CCc1ccc2sc3ncc(C(=O)Nc4nn[nH]n4)c(=O)n3c2c1. The summed E-state index contributed by atoms with van der Waals surface area (Å²) < 4.78 is 2.40. The van der Waals surface area contributed by atoms with E-state index in [9.17, 15) is 9.59 Å². The van der Waals surface area contributed by atoms with Crippen LogP contribution in [0.4, 0.5) is 5.95 Å². The third kappa shape index (κ3) is 2.24. The summed E-state index contributed by atoms with van der Waals surface area (Å²) in [6.45, 7) is 2.04. The van der Waals surface area contributed by atoms with Crippen LogP contribution in [0.15, 0.2) is 29.2 Å². The fourth-order valence-corrected chi connectivity index (χ4v) is 3.37. The van der Waals surface area contributed by atoms with Crippen molar-refractivity contribution in [3.8, 4) is 0 Å².